The van der Waals surface area contributed by atoms with Gasteiger partial charge in [-0.2, -0.15) is 0 Å². The Kier molecular flexibility index (Phi) is 3.55. The zero-order valence-electron chi connectivity index (χ0n) is 9.14. The molecule has 0 radical (unpaired) electrons. The molecule has 0 amide bonds. The maximum absolute atomic E-state index is 10.3. The van der Waals surface area contributed by atoms with Gasteiger partial charge in [-0.15, -0.1) is 0 Å². The SMILES string of the molecule is CCC(O)(CC)C1CC=C(C)CC1. The topological polar surface area (TPSA) is 20.2 Å². The normalized spacial score (nSPS) is 24.3. The minimum atomic E-state index is -0.406. The van der Waals surface area contributed by atoms with Gasteiger partial charge >= 0.3 is 0 Å². The van der Waals surface area contributed by atoms with Gasteiger partial charge in [0.25, 0.3) is 0 Å². The molecule has 0 aromatic carbocycles. The molecule has 0 fully saturated rings. The average molecular weight is 182 g/mol. The Morgan fingerprint density at radius 2 is 2.08 bits per heavy atom. The number of allylic oxidation sites excluding steroid dienone is 2. The van der Waals surface area contributed by atoms with Gasteiger partial charge in [0.15, 0.2) is 0 Å². The van der Waals surface area contributed by atoms with Crippen molar-refractivity contribution in [1.29, 1.82) is 0 Å². The molecule has 13 heavy (non-hydrogen) atoms. The third-order valence-corrected chi connectivity index (χ3v) is 3.62. The molecule has 1 aliphatic rings. The molecule has 0 aromatic heterocycles. The summed E-state index contributed by atoms with van der Waals surface area (Å²) in [6.07, 6.45) is 7.49. The Morgan fingerprint density at radius 3 is 2.46 bits per heavy atom. The second kappa shape index (κ2) is 4.28. The van der Waals surface area contributed by atoms with Gasteiger partial charge in [0.2, 0.25) is 0 Å². The highest BCUT2D eigenvalue weighted by Gasteiger charge is 2.33. The molecule has 1 rings (SSSR count). The van der Waals surface area contributed by atoms with Gasteiger partial charge in [-0.3, -0.25) is 0 Å². The Labute approximate surface area is 81.9 Å². The molecule has 0 aromatic rings. The number of hydrogen-bond acceptors (Lipinski definition) is 1. The molecular formula is C12H22O. The van der Waals surface area contributed by atoms with Gasteiger partial charge in [-0.05, 0) is 44.9 Å². The molecule has 0 spiro atoms. The summed E-state index contributed by atoms with van der Waals surface area (Å²) in [5, 5.41) is 10.3. The predicted octanol–water partition coefficient (Wildman–Crippen LogP) is 3.28. The molecule has 1 N–H and O–H groups in total. The summed E-state index contributed by atoms with van der Waals surface area (Å²) >= 11 is 0. The van der Waals surface area contributed by atoms with Crippen LogP contribution in [0.15, 0.2) is 11.6 Å². The lowest BCUT2D eigenvalue weighted by atomic mass is 9.75. The van der Waals surface area contributed by atoms with Gasteiger partial charge in [-0.1, -0.05) is 25.5 Å². The van der Waals surface area contributed by atoms with Crippen molar-refractivity contribution < 1.29 is 5.11 Å². The van der Waals surface area contributed by atoms with Crippen LogP contribution in [0, 0.1) is 5.92 Å². The van der Waals surface area contributed by atoms with E-state index in [4.69, 9.17) is 0 Å². The summed E-state index contributed by atoms with van der Waals surface area (Å²) < 4.78 is 0. The van der Waals surface area contributed by atoms with Crippen LogP contribution in [0.1, 0.15) is 52.9 Å². The van der Waals surface area contributed by atoms with Crippen LogP contribution < -0.4 is 0 Å². The summed E-state index contributed by atoms with van der Waals surface area (Å²) in [5.41, 5.74) is 1.09. The van der Waals surface area contributed by atoms with Crippen molar-refractivity contribution in [2.75, 3.05) is 0 Å². The van der Waals surface area contributed by atoms with Crippen LogP contribution in [0.5, 0.6) is 0 Å². The van der Waals surface area contributed by atoms with Crippen molar-refractivity contribution in [3.05, 3.63) is 11.6 Å². The first-order valence-electron chi connectivity index (χ1n) is 5.50. The lowest BCUT2D eigenvalue weighted by molar-refractivity contribution is -0.0296. The van der Waals surface area contributed by atoms with E-state index in [0.717, 1.165) is 19.3 Å². The summed E-state index contributed by atoms with van der Waals surface area (Å²) in [7, 11) is 0. The first-order chi connectivity index (χ1) is 6.12. The van der Waals surface area contributed by atoms with Gasteiger partial charge in [0.1, 0.15) is 0 Å². The third-order valence-electron chi connectivity index (χ3n) is 3.62. The number of aliphatic hydroxyl groups is 1. The summed E-state index contributed by atoms with van der Waals surface area (Å²) in [6.45, 7) is 6.37. The highest BCUT2D eigenvalue weighted by molar-refractivity contribution is 5.05. The van der Waals surface area contributed by atoms with E-state index in [-0.39, 0.29) is 0 Å². The first-order valence-corrected chi connectivity index (χ1v) is 5.50. The van der Waals surface area contributed by atoms with E-state index >= 15 is 0 Å². The van der Waals surface area contributed by atoms with Gasteiger partial charge in [0.05, 0.1) is 5.60 Å². The maximum atomic E-state index is 10.3. The molecule has 1 unspecified atom stereocenters. The molecule has 0 aliphatic heterocycles. The largest absolute Gasteiger partial charge is 0.390 e. The van der Waals surface area contributed by atoms with Crippen molar-refractivity contribution in [2.45, 2.75) is 58.5 Å². The molecule has 1 heteroatoms. The molecule has 1 nitrogen and oxygen atoms in total. The third kappa shape index (κ3) is 2.34. The zero-order valence-corrected chi connectivity index (χ0v) is 9.14. The average Bonchev–Trinajstić information content (AvgIpc) is 2.18. The van der Waals surface area contributed by atoms with Crippen molar-refractivity contribution in [2.24, 2.45) is 5.92 Å². The highest BCUT2D eigenvalue weighted by atomic mass is 16.3. The molecule has 0 saturated carbocycles. The fourth-order valence-electron chi connectivity index (χ4n) is 2.28. The summed E-state index contributed by atoms with van der Waals surface area (Å²) in [5.74, 6) is 0.492. The quantitative estimate of drug-likeness (QED) is 0.664. The van der Waals surface area contributed by atoms with Crippen LogP contribution in [0.3, 0.4) is 0 Å². The van der Waals surface area contributed by atoms with Crippen LogP contribution >= 0.6 is 0 Å². The minimum Gasteiger partial charge on any atom is -0.390 e. The van der Waals surface area contributed by atoms with Crippen LogP contribution in [0.2, 0.25) is 0 Å². The summed E-state index contributed by atoms with van der Waals surface area (Å²) in [4.78, 5) is 0. The first kappa shape index (κ1) is 10.8. The van der Waals surface area contributed by atoms with E-state index in [9.17, 15) is 5.11 Å². The second-order valence-corrected chi connectivity index (χ2v) is 4.33. The van der Waals surface area contributed by atoms with Gasteiger partial charge in [0, 0.05) is 0 Å². The summed E-state index contributed by atoms with van der Waals surface area (Å²) in [6, 6.07) is 0. The van der Waals surface area contributed by atoms with E-state index in [2.05, 4.69) is 26.8 Å². The number of hydrogen-bond donors (Lipinski definition) is 1. The van der Waals surface area contributed by atoms with E-state index in [1.165, 1.54) is 18.4 Å². The molecule has 0 bridgehead atoms. The smallest absolute Gasteiger partial charge is 0.0673 e. The Hall–Kier alpha value is -0.300. The van der Waals surface area contributed by atoms with Crippen LogP contribution in [0.25, 0.3) is 0 Å². The van der Waals surface area contributed by atoms with Gasteiger partial charge in [-0.25, -0.2) is 0 Å². The molecule has 76 valence electrons. The van der Waals surface area contributed by atoms with Crippen LogP contribution in [0.4, 0.5) is 0 Å². The fourth-order valence-corrected chi connectivity index (χ4v) is 2.28. The minimum absolute atomic E-state index is 0.406. The van der Waals surface area contributed by atoms with E-state index < -0.39 is 5.60 Å². The van der Waals surface area contributed by atoms with E-state index in [1.807, 2.05) is 0 Å². The Morgan fingerprint density at radius 1 is 1.46 bits per heavy atom. The standard InChI is InChI=1S/C12H22O/c1-4-12(13,5-2)11-8-6-10(3)7-9-11/h6,11,13H,4-5,7-9H2,1-3H3. The predicted molar refractivity (Wildman–Crippen MR) is 56.6 cm³/mol. The fraction of sp³-hybridized carbons (Fsp3) is 0.833. The van der Waals surface area contributed by atoms with Crippen molar-refractivity contribution in [3.63, 3.8) is 0 Å². The van der Waals surface area contributed by atoms with Crippen LogP contribution in [-0.2, 0) is 0 Å². The van der Waals surface area contributed by atoms with E-state index in [1.54, 1.807) is 0 Å². The highest BCUT2D eigenvalue weighted by Crippen LogP contribution is 2.35. The second-order valence-electron chi connectivity index (χ2n) is 4.33. The van der Waals surface area contributed by atoms with Gasteiger partial charge < -0.3 is 5.11 Å². The zero-order chi connectivity index (χ0) is 9.90. The molecule has 1 aliphatic carbocycles. The molecular weight excluding hydrogens is 160 g/mol. The number of rotatable bonds is 3. The molecule has 1 atom stereocenters. The van der Waals surface area contributed by atoms with Crippen LogP contribution in [-0.4, -0.2) is 10.7 Å². The molecule has 0 heterocycles. The lowest BCUT2D eigenvalue weighted by Gasteiger charge is -2.36. The van der Waals surface area contributed by atoms with Crippen molar-refractivity contribution in [3.8, 4) is 0 Å². The monoisotopic (exact) mass is 182 g/mol. The lowest BCUT2D eigenvalue weighted by Crippen LogP contribution is -2.37. The maximum Gasteiger partial charge on any atom is 0.0673 e. The van der Waals surface area contributed by atoms with Crippen molar-refractivity contribution >= 4 is 0 Å². The van der Waals surface area contributed by atoms with E-state index in [0.29, 0.717) is 5.92 Å². The van der Waals surface area contributed by atoms with Crippen molar-refractivity contribution in [1.82, 2.24) is 0 Å². The molecule has 0 saturated heterocycles. The Bertz CT molecular complexity index is 189. The Balaban J connectivity index is 2.62.